The fraction of sp³-hybridized carbons (Fsp3) is 0.844. The second kappa shape index (κ2) is 55.7. The lowest BCUT2D eigenvalue weighted by Crippen LogP contribution is -2.37. The van der Waals surface area contributed by atoms with Crippen LogP contribution in [0.2, 0.25) is 0 Å². The van der Waals surface area contributed by atoms with Crippen molar-refractivity contribution in [1.82, 2.24) is 0 Å². The molecule has 2 unspecified atom stereocenters. The summed E-state index contributed by atoms with van der Waals surface area (Å²) in [5, 5.41) is 0. The molecule has 0 heterocycles. The van der Waals surface area contributed by atoms with Gasteiger partial charge in [0.1, 0.15) is 19.8 Å². The Balaban J connectivity index is 4.12. The van der Waals surface area contributed by atoms with Crippen LogP contribution in [0.4, 0.5) is 0 Å². The van der Waals surface area contributed by atoms with Crippen molar-refractivity contribution in [3.63, 3.8) is 0 Å². The molecule has 10 heteroatoms. The third-order valence-corrected chi connectivity index (χ3v) is 14.8. The summed E-state index contributed by atoms with van der Waals surface area (Å²) in [6.07, 6.45) is 70.4. The smallest absolute Gasteiger partial charge is 0.462 e. The van der Waals surface area contributed by atoms with Crippen LogP contribution < -0.4 is 0 Å². The number of ether oxygens (including phenoxy) is 2. The van der Waals surface area contributed by atoms with Gasteiger partial charge in [-0.05, 0) is 77.0 Å². The maximum Gasteiger partial charge on any atom is 0.472 e. The number of unbranched alkanes of at least 4 members (excludes halogenated alkanes) is 36. The zero-order valence-electron chi connectivity index (χ0n) is 49.3. The molecule has 0 bridgehead atoms. The van der Waals surface area contributed by atoms with Crippen molar-refractivity contribution < 1.29 is 42.1 Å². The fourth-order valence-corrected chi connectivity index (χ4v) is 9.70. The molecule has 0 spiro atoms. The molecule has 0 radical (unpaired) electrons. The van der Waals surface area contributed by atoms with Gasteiger partial charge in [-0.3, -0.25) is 18.6 Å². The van der Waals surface area contributed by atoms with Crippen LogP contribution in [-0.4, -0.2) is 74.9 Å². The lowest BCUT2D eigenvalue weighted by atomic mass is 10.0. The van der Waals surface area contributed by atoms with Gasteiger partial charge in [-0.2, -0.15) is 0 Å². The molecule has 0 aliphatic carbocycles. The van der Waals surface area contributed by atoms with E-state index in [-0.39, 0.29) is 32.0 Å². The molecular weight excluding hydrogens is 942 g/mol. The summed E-state index contributed by atoms with van der Waals surface area (Å²) in [4.78, 5) is 35.8. The highest BCUT2D eigenvalue weighted by Crippen LogP contribution is 2.43. The molecule has 0 aromatic heterocycles. The van der Waals surface area contributed by atoms with Crippen LogP contribution in [0.3, 0.4) is 0 Å². The molecule has 0 saturated heterocycles. The summed E-state index contributed by atoms with van der Waals surface area (Å²) < 4.78 is 34.6. The number of hydrogen-bond acceptors (Lipinski definition) is 7. The lowest BCUT2D eigenvalue weighted by molar-refractivity contribution is -0.870. The van der Waals surface area contributed by atoms with E-state index in [0.29, 0.717) is 17.4 Å². The number of rotatable bonds is 58. The zero-order valence-corrected chi connectivity index (χ0v) is 50.2. The number of quaternary nitrogens is 1. The summed E-state index contributed by atoms with van der Waals surface area (Å²) in [6, 6.07) is 0. The quantitative estimate of drug-likeness (QED) is 0.0211. The molecule has 0 aromatic rings. The van der Waals surface area contributed by atoms with Crippen LogP contribution in [0.15, 0.2) is 48.6 Å². The van der Waals surface area contributed by atoms with Gasteiger partial charge in [-0.1, -0.05) is 255 Å². The predicted octanol–water partition coefficient (Wildman–Crippen LogP) is 19.7. The normalized spacial score (nSPS) is 13.5. The summed E-state index contributed by atoms with van der Waals surface area (Å²) in [5.41, 5.74) is 0. The number of esters is 2. The largest absolute Gasteiger partial charge is 0.472 e. The van der Waals surface area contributed by atoms with Gasteiger partial charge in [-0.25, -0.2) is 4.57 Å². The minimum Gasteiger partial charge on any atom is -0.462 e. The van der Waals surface area contributed by atoms with Crippen molar-refractivity contribution in [1.29, 1.82) is 0 Å². The number of allylic oxidation sites excluding steroid dienone is 8. The van der Waals surface area contributed by atoms with Gasteiger partial charge in [-0.15, -0.1) is 0 Å². The number of hydrogen-bond donors (Lipinski definition) is 1. The van der Waals surface area contributed by atoms with E-state index >= 15 is 0 Å². The summed E-state index contributed by atoms with van der Waals surface area (Å²) in [6.45, 7) is 4.46. The zero-order chi connectivity index (χ0) is 54.2. The average molecular weight is 1060 g/mol. The van der Waals surface area contributed by atoms with Crippen LogP contribution in [0.25, 0.3) is 0 Å². The molecule has 1 N–H and O–H groups in total. The molecule has 0 rings (SSSR count). The van der Waals surface area contributed by atoms with Crippen molar-refractivity contribution in [2.24, 2.45) is 0 Å². The Hall–Kier alpha value is -2.03. The SMILES string of the molecule is CCCCCCC/C=C\C/C=C\C/C=C\CCCCCCCCCCCCCCC(=O)OC(COC(=O)CCCCCCCCCCCCC/C=C\CCCCCCCCCC)COP(=O)(O)OCC[N+](C)(C)C. The first-order valence-electron chi connectivity index (χ1n) is 31.4. The summed E-state index contributed by atoms with van der Waals surface area (Å²) >= 11 is 0. The Morgan fingerprint density at radius 1 is 0.419 bits per heavy atom. The van der Waals surface area contributed by atoms with Crippen LogP contribution in [-0.2, 0) is 32.7 Å². The Kier molecular flexibility index (Phi) is 54.2. The predicted molar refractivity (Wildman–Crippen MR) is 317 cm³/mol. The van der Waals surface area contributed by atoms with E-state index < -0.39 is 26.5 Å². The van der Waals surface area contributed by atoms with E-state index in [1.165, 1.54) is 212 Å². The summed E-state index contributed by atoms with van der Waals surface area (Å²) in [5.74, 6) is -0.789. The van der Waals surface area contributed by atoms with Crippen LogP contribution >= 0.6 is 7.82 Å². The first kappa shape index (κ1) is 72.0. The monoisotopic (exact) mass is 1060 g/mol. The van der Waals surface area contributed by atoms with Crippen LogP contribution in [0, 0.1) is 0 Å². The first-order chi connectivity index (χ1) is 36.0. The number of likely N-dealkylation sites (N-methyl/N-ethyl adjacent to an activating group) is 1. The highest BCUT2D eigenvalue weighted by Gasteiger charge is 2.27. The van der Waals surface area contributed by atoms with E-state index in [4.69, 9.17) is 18.5 Å². The Morgan fingerprint density at radius 2 is 0.730 bits per heavy atom. The van der Waals surface area contributed by atoms with Crippen molar-refractivity contribution >= 4 is 19.8 Å². The molecule has 0 saturated carbocycles. The highest BCUT2D eigenvalue weighted by molar-refractivity contribution is 7.47. The van der Waals surface area contributed by atoms with Crippen molar-refractivity contribution in [3.05, 3.63) is 48.6 Å². The first-order valence-corrected chi connectivity index (χ1v) is 32.9. The third kappa shape index (κ3) is 59.2. The lowest BCUT2D eigenvalue weighted by Gasteiger charge is -2.24. The second-order valence-corrected chi connectivity index (χ2v) is 23.9. The topological polar surface area (TPSA) is 108 Å². The number of carbonyl (C=O) groups excluding carboxylic acids is 2. The summed E-state index contributed by atoms with van der Waals surface area (Å²) in [7, 11) is 1.48. The van der Waals surface area contributed by atoms with Gasteiger partial charge >= 0.3 is 19.8 Å². The van der Waals surface area contributed by atoms with Crippen molar-refractivity contribution in [2.45, 2.75) is 302 Å². The molecule has 0 aliphatic rings. The van der Waals surface area contributed by atoms with E-state index in [0.717, 1.165) is 51.4 Å². The van der Waals surface area contributed by atoms with Gasteiger partial charge in [0.15, 0.2) is 6.10 Å². The van der Waals surface area contributed by atoms with Gasteiger partial charge < -0.3 is 18.9 Å². The minimum atomic E-state index is -4.39. The molecule has 2 atom stereocenters. The molecule has 0 aliphatic heterocycles. The molecule has 0 aromatic carbocycles. The maximum absolute atomic E-state index is 12.8. The van der Waals surface area contributed by atoms with Gasteiger partial charge in [0.05, 0.1) is 27.7 Å². The molecule has 0 amide bonds. The third-order valence-electron chi connectivity index (χ3n) is 13.8. The maximum atomic E-state index is 12.8. The Bertz CT molecular complexity index is 1390. The molecular formula is C64H121NO8P+. The van der Waals surface area contributed by atoms with Crippen LogP contribution in [0.5, 0.6) is 0 Å². The molecule has 9 nitrogen and oxygen atoms in total. The standard InChI is InChI=1S/C64H120NO8P/c1-6-8-10-12-14-16-18-20-22-24-26-28-30-31-32-33-35-37-39-41-43-45-47-49-51-53-55-57-64(67)73-62(61-72-74(68,69)71-59-58-65(3,4)5)60-70-63(66)56-54-52-50-48-46-44-42-40-38-36-34-29-27-25-23-21-19-17-15-13-11-9-7-2/h18,20,24-27,30-31,62H,6-17,19,21-23,28-29,32-61H2,1-5H3/p+1/b20-18-,26-24-,27-25-,31-30-. The minimum absolute atomic E-state index is 0.0314. The van der Waals surface area contributed by atoms with Crippen molar-refractivity contribution in [2.75, 3.05) is 47.5 Å². The van der Waals surface area contributed by atoms with Gasteiger partial charge in [0.2, 0.25) is 0 Å². The second-order valence-electron chi connectivity index (χ2n) is 22.4. The van der Waals surface area contributed by atoms with Gasteiger partial charge in [0.25, 0.3) is 0 Å². The Morgan fingerprint density at radius 3 is 1.09 bits per heavy atom. The van der Waals surface area contributed by atoms with E-state index in [1.54, 1.807) is 0 Å². The fourth-order valence-electron chi connectivity index (χ4n) is 8.96. The highest BCUT2D eigenvalue weighted by atomic mass is 31.2. The number of phosphoric acid groups is 1. The molecule has 434 valence electrons. The number of nitrogens with zero attached hydrogens (tertiary/aromatic N) is 1. The van der Waals surface area contributed by atoms with Crippen LogP contribution in [0.1, 0.15) is 296 Å². The molecule has 74 heavy (non-hydrogen) atoms. The average Bonchev–Trinajstić information content (AvgIpc) is 3.36. The van der Waals surface area contributed by atoms with Gasteiger partial charge in [0, 0.05) is 12.8 Å². The number of phosphoric ester groups is 1. The van der Waals surface area contributed by atoms with E-state index in [9.17, 15) is 19.0 Å². The molecule has 0 fully saturated rings. The number of carbonyl (C=O) groups is 2. The van der Waals surface area contributed by atoms with E-state index in [2.05, 4.69) is 62.5 Å². The van der Waals surface area contributed by atoms with Crippen molar-refractivity contribution in [3.8, 4) is 0 Å². The van der Waals surface area contributed by atoms with E-state index in [1.807, 2.05) is 21.1 Å². The Labute approximate surface area is 458 Å².